The number of aliphatic hydroxyl groups is 1. The fourth-order valence-corrected chi connectivity index (χ4v) is 2.18. The van der Waals surface area contributed by atoms with Gasteiger partial charge in [0.05, 0.1) is 0 Å². The largest absolute Gasteiger partial charge is 0.457 e. The van der Waals surface area contributed by atoms with Crippen molar-refractivity contribution >= 4 is 23.0 Å². The molecule has 0 saturated carbocycles. The second kappa shape index (κ2) is 7.09. The molecule has 0 saturated heterocycles. The summed E-state index contributed by atoms with van der Waals surface area (Å²) in [5.41, 5.74) is 0.804. The molecule has 0 spiro atoms. The molecule has 21 heavy (non-hydrogen) atoms. The molecule has 0 aliphatic carbocycles. The van der Waals surface area contributed by atoms with Crippen LogP contribution in [0.2, 0.25) is 0 Å². The van der Waals surface area contributed by atoms with Gasteiger partial charge in [0.1, 0.15) is 11.3 Å². The minimum Gasteiger partial charge on any atom is -0.457 e. The number of benzene rings is 1. The van der Waals surface area contributed by atoms with E-state index in [-0.39, 0.29) is 24.5 Å². The number of carbonyl (C=O) groups excluding carboxylic acids is 1. The average Bonchev–Trinajstić information content (AvgIpc) is 2.87. The van der Waals surface area contributed by atoms with Crippen molar-refractivity contribution in [3.8, 4) is 0 Å². The molecule has 2 rings (SSSR count). The molecule has 0 bridgehead atoms. The molecule has 4 heteroatoms. The van der Waals surface area contributed by atoms with Crippen molar-refractivity contribution in [2.75, 3.05) is 6.61 Å². The SMILES string of the molecule is CC(C)C(CCO)NC(=O)/C=C/c1cc2ccccc2o1. The van der Waals surface area contributed by atoms with E-state index in [9.17, 15) is 4.79 Å². The van der Waals surface area contributed by atoms with E-state index in [0.29, 0.717) is 12.2 Å². The summed E-state index contributed by atoms with van der Waals surface area (Å²) in [5.74, 6) is 0.748. The summed E-state index contributed by atoms with van der Waals surface area (Å²) in [6.07, 6.45) is 3.68. The van der Waals surface area contributed by atoms with Gasteiger partial charge in [0.15, 0.2) is 0 Å². The van der Waals surface area contributed by atoms with Crippen LogP contribution >= 0.6 is 0 Å². The summed E-state index contributed by atoms with van der Waals surface area (Å²) in [7, 11) is 0. The smallest absolute Gasteiger partial charge is 0.244 e. The maximum Gasteiger partial charge on any atom is 0.244 e. The molecule has 1 unspecified atom stereocenters. The number of aliphatic hydroxyl groups excluding tert-OH is 1. The molecule has 112 valence electrons. The molecular weight excluding hydrogens is 266 g/mol. The van der Waals surface area contributed by atoms with Crippen LogP contribution in [0.15, 0.2) is 40.8 Å². The fraction of sp³-hybridized carbons (Fsp3) is 0.353. The molecule has 1 aromatic heterocycles. The van der Waals surface area contributed by atoms with Gasteiger partial charge in [-0.1, -0.05) is 32.0 Å². The van der Waals surface area contributed by atoms with Crippen molar-refractivity contribution in [1.29, 1.82) is 0 Å². The van der Waals surface area contributed by atoms with Gasteiger partial charge in [-0.2, -0.15) is 0 Å². The summed E-state index contributed by atoms with van der Waals surface area (Å²) in [6, 6.07) is 9.58. The first-order chi connectivity index (χ1) is 10.1. The number of carbonyl (C=O) groups is 1. The molecule has 0 radical (unpaired) electrons. The zero-order valence-corrected chi connectivity index (χ0v) is 12.4. The van der Waals surface area contributed by atoms with Gasteiger partial charge in [0.2, 0.25) is 5.91 Å². The van der Waals surface area contributed by atoms with E-state index in [1.165, 1.54) is 6.08 Å². The van der Waals surface area contributed by atoms with Crippen molar-refractivity contribution in [1.82, 2.24) is 5.32 Å². The van der Waals surface area contributed by atoms with Crippen LogP contribution in [-0.4, -0.2) is 23.7 Å². The first-order valence-corrected chi connectivity index (χ1v) is 7.18. The molecule has 1 amide bonds. The Bertz CT molecular complexity index is 595. The number of nitrogens with one attached hydrogen (secondary N) is 1. The third kappa shape index (κ3) is 4.20. The van der Waals surface area contributed by atoms with Gasteiger partial charge in [0.25, 0.3) is 0 Å². The Kier molecular flexibility index (Phi) is 5.17. The lowest BCUT2D eigenvalue weighted by Gasteiger charge is -2.20. The molecule has 1 aromatic carbocycles. The number of furan rings is 1. The number of amides is 1. The second-order valence-corrected chi connectivity index (χ2v) is 5.39. The Morgan fingerprint density at radius 1 is 1.38 bits per heavy atom. The van der Waals surface area contributed by atoms with Gasteiger partial charge in [-0.05, 0) is 30.5 Å². The lowest BCUT2D eigenvalue weighted by Crippen LogP contribution is -2.38. The Morgan fingerprint density at radius 2 is 2.14 bits per heavy atom. The van der Waals surface area contributed by atoms with Crippen LogP contribution in [0.3, 0.4) is 0 Å². The zero-order valence-electron chi connectivity index (χ0n) is 12.4. The van der Waals surface area contributed by atoms with Crippen molar-refractivity contribution in [2.24, 2.45) is 5.92 Å². The van der Waals surface area contributed by atoms with Crippen LogP contribution in [0.4, 0.5) is 0 Å². The van der Waals surface area contributed by atoms with Crippen LogP contribution in [0.1, 0.15) is 26.0 Å². The van der Waals surface area contributed by atoms with Crippen LogP contribution < -0.4 is 5.32 Å². The quantitative estimate of drug-likeness (QED) is 0.803. The maximum atomic E-state index is 11.9. The number of para-hydroxylation sites is 1. The third-order valence-corrected chi connectivity index (χ3v) is 3.42. The van der Waals surface area contributed by atoms with Crippen molar-refractivity contribution < 1.29 is 14.3 Å². The van der Waals surface area contributed by atoms with E-state index in [0.717, 1.165) is 11.0 Å². The van der Waals surface area contributed by atoms with E-state index in [1.807, 2.05) is 44.2 Å². The van der Waals surface area contributed by atoms with Crippen LogP contribution in [0.5, 0.6) is 0 Å². The predicted molar refractivity (Wildman–Crippen MR) is 83.7 cm³/mol. The minimum atomic E-state index is -0.178. The molecule has 1 atom stereocenters. The highest BCUT2D eigenvalue weighted by Gasteiger charge is 2.14. The van der Waals surface area contributed by atoms with Gasteiger partial charge < -0.3 is 14.8 Å². The first-order valence-electron chi connectivity index (χ1n) is 7.18. The maximum absolute atomic E-state index is 11.9. The van der Waals surface area contributed by atoms with Gasteiger partial charge in [-0.25, -0.2) is 0 Å². The molecule has 2 aromatic rings. The lowest BCUT2D eigenvalue weighted by atomic mass is 10.0. The predicted octanol–water partition coefficient (Wildman–Crippen LogP) is 2.97. The van der Waals surface area contributed by atoms with E-state index in [4.69, 9.17) is 9.52 Å². The summed E-state index contributed by atoms with van der Waals surface area (Å²) in [5, 5.41) is 12.9. The number of fused-ring (bicyclic) bond motifs is 1. The van der Waals surface area contributed by atoms with E-state index in [2.05, 4.69) is 5.32 Å². The summed E-state index contributed by atoms with van der Waals surface area (Å²) in [6.45, 7) is 4.10. The summed E-state index contributed by atoms with van der Waals surface area (Å²) in [4.78, 5) is 11.9. The van der Waals surface area contributed by atoms with Gasteiger partial charge in [0, 0.05) is 24.1 Å². The number of hydrogen-bond donors (Lipinski definition) is 2. The van der Waals surface area contributed by atoms with Crippen LogP contribution in [0, 0.1) is 5.92 Å². The Balaban J connectivity index is 2.01. The standard InChI is InChI=1S/C17H21NO3/c1-12(2)15(9-10-19)18-17(20)8-7-14-11-13-5-3-4-6-16(13)21-14/h3-8,11-12,15,19H,9-10H2,1-2H3,(H,18,20)/b8-7+. The van der Waals surface area contributed by atoms with Crippen molar-refractivity contribution in [2.45, 2.75) is 26.3 Å². The summed E-state index contributed by atoms with van der Waals surface area (Å²) < 4.78 is 5.61. The Morgan fingerprint density at radius 3 is 2.81 bits per heavy atom. The first kappa shape index (κ1) is 15.3. The second-order valence-electron chi connectivity index (χ2n) is 5.39. The van der Waals surface area contributed by atoms with Gasteiger partial charge >= 0.3 is 0 Å². The monoisotopic (exact) mass is 287 g/mol. The molecule has 0 aliphatic rings. The van der Waals surface area contributed by atoms with Crippen LogP contribution in [-0.2, 0) is 4.79 Å². The van der Waals surface area contributed by atoms with Gasteiger partial charge in [-0.3, -0.25) is 4.79 Å². The van der Waals surface area contributed by atoms with E-state index < -0.39 is 0 Å². The Hall–Kier alpha value is -2.07. The molecular formula is C17H21NO3. The minimum absolute atomic E-state index is 0.0252. The molecule has 0 fully saturated rings. The van der Waals surface area contributed by atoms with Gasteiger partial charge in [-0.15, -0.1) is 0 Å². The van der Waals surface area contributed by atoms with Crippen LogP contribution in [0.25, 0.3) is 17.0 Å². The molecule has 4 nitrogen and oxygen atoms in total. The highest BCUT2D eigenvalue weighted by Crippen LogP contribution is 2.19. The average molecular weight is 287 g/mol. The normalized spacial score (nSPS) is 13.1. The third-order valence-electron chi connectivity index (χ3n) is 3.42. The molecule has 0 aliphatic heterocycles. The number of hydrogen-bond acceptors (Lipinski definition) is 3. The summed E-state index contributed by atoms with van der Waals surface area (Å²) >= 11 is 0. The fourth-order valence-electron chi connectivity index (χ4n) is 2.18. The Labute approximate surface area is 124 Å². The molecule has 2 N–H and O–H groups in total. The highest BCUT2D eigenvalue weighted by molar-refractivity contribution is 5.92. The van der Waals surface area contributed by atoms with Crippen molar-refractivity contribution in [3.63, 3.8) is 0 Å². The van der Waals surface area contributed by atoms with E-state index in [1.54, 1.807) is 6.08 Å². The number of rotatable bonds is 6. The van der Waals surface area contributed by atoms with E-state index >= 15 is 0 Å². The zero-order chi connectivity index (χ0) is 15.2. The topological polar surface area (TPSA) is 62.5 Å². The lowest BCUT2D eigenvalue weighted by molar-refractivity contribution is -0.117. The molecule has 1 heterocycles. The van der Waals surface area contributed by atoms with Crippen molar-refractivity contribution in [3.05, 3.63) is 42.2 Å². The highest BCUT2D eigenvalue weighted by atomic mass is 16.3.